The first-order valence-electron chi connectivity index (χ1n) is 2.60. The van der Waals surface area contributed by atoms with E-state index in [-0.39, 0.29) is 29.8 Å². The molecule has 0 amide bonds. The molecule has 0 bridgehead atoms. The summed E-state index contributed by atoms with van der Waals surface area (Å²) in [5, 5.41) is 7.00. The molecule has 0 aromatic heterocycles. The average molecular weight is 162 g/mol. The van der Waals surface area contributed by atoms with Gasteiger partial charge in [0.2, 0.25) is 0 Å². The first-order chi connectivity index (χ1) is 4.00. The molecule has 0 spiro atoms. The second kappa shape index (κ2) is 22.4. The van der Waals surface area contributed by atoms with Crippen LogP contribution in [0.15, 0.2) is 0 Å². The van der Waals surface area contributed by atoms with E-state index in [0.717, 1.165) is 33.5 Å². The van der Waals surface area contributed by atoms with E-state index in [4.69, 9.17) is 14.6 Å². The van der Waals surface area contributed by atoms with Crippen LogP contribution in [0.4, 0.5) is 0 Å². The Labute approximate surface area is 78.5 Å². The standard InChI is InChI=1S/C4H8O2.CH4O.Li.2H2O/c1-2-6-4-3-5-1;1-2;;;/h1-4H2;2H,1H3;;2*1H2/q;;+1;;/p-1. The molecule has 0 aromatic carbocycles. The van der Waals surface area contributed by atoms with Gasteiger partial charge in [0.05, 0.1) is 26.4 Å². The Hall–Kier alpha value is 0.397. The predicted octanol–water partition coefficient (Wildman–Crippen LogP) is -4.36. The predicted molar refractivity (Wildman–Crippen MR) is 35.3 cm³/mol. The maximum Gasteiger partial charge on any atom is 1.00 e. The first-order valence-corrected chi connectivity index (χ1v) is 2.60. The third-order valence-corrected chi connectivity index (χ3v) is 0.744. The van der Waals surface area contributed by atoms with E-state index >= 15 is 0 Å². The molecule has 0 radical (unpaired) electrons. The van der Waals surface area contributed by atoms with Crippen LogP contribution in [-0.2, 0) is 9.47 Å². The summed E-state index contributed by atoms with van der Waals surface area (Å²) in [5.74, 6) is 0. The van der Waals surface area contributed by atoms with Crippen LogP contribution in [0.5, 0.6) is 0 Å². The Morgan fingerprint density at radius 2 is 1.09 bits per heavy atom. The number of rotatable bonds is 0. The van der Waals surface area contributed by atoms with Gasteiger partial charge in [0.1, 0.15) is 0 Å². The van der Waals surface area contributed by atoms with Crippen LogP contribution in [0.25, 0.3) is 0 Å². The van der Waals surface area contributed by atoms with Gasteiger partial charge < -0.3 is 25.5 Å². The fourth-order valence-corrected chi connectivity index (χ4v) is 0.440. The number of hydrogen-bond acceptors (Lipinski definition) is 4. The van der Waals surface area contributed by atoms with Gasteiger partial charge in [-0.25, -0.2) is 0 Å². The third-order valence-electron chi connectivity index (χ3n) is 0.744. The van der Waals surface area contributed by atoms with Gasteiger partial charge in [0.15, 0.2) is 0 Å². The van der Waals surface area contributed by atoms with Crippen molar-refractivity contribution in [3.05, 3.63) is 0 Å². The van der Waals surface area contributed by atoms with E-state index < -0.39 is 0 Å². The molecule has 11 heavy (non-hydrogen) atoms. The quantitative estimate of drug-likeness (QED) is 0.364. The monoisotopic (exact) mass is 162 g/mol. The Kier molecular flexibility index (Phi) is 45.9. The van der Waals surface area contributed by atoms with E-state index in [9.17, 15) is 0 Å². The van der Waals surface area contributed by atoms with Crippen LogP contribution in [0.1, 0.15) is 0 Å². The molecule has 1 rings (SSSR count). The topological polar surface area (TPSA) is 100 Å². The van der Waals surface area contributed by atoms with Gasteiger partial charge in [0.25, 0.3) is 0 Å². The van der Waals surface area contributed by atoms with E-state index in [1.165, 1.54) is 0 Å². The van der Waals surface area contributed by atoms with Crippen LogP contribution < -0.4 is 18.9 Å². The minimum atomic E-state index is 0. The summed E-state index contributed by atoms with van der Waals surface area (Å²) < 4.78 is 9.89. The van der Waals surface area contributed by atoms with Crippen LogP contribution in [0.3, 0.4) is 0 Å². The molecule has 6 heteroatoms. The van der Waals surface area contributed by atoms with E-state index in [2.05, 4.69) is 0 Å². The summed E-state index contributed by atoms with van der Waals surface area (Å²) in [5.41, 5.74) is 0. The molecule has 1 aliphatic heterocycles. The maximum absolute atomic E-state index is 7.00. The van der Waals surface area contributed by atoms with Crippen molar-refractivity contribution < 1.29 is 44.4 Å². The van der Waals surface area contributed by atoms with Gasteiger partial charge in [-0.15, -0.1) is 0 Å². The van der Waals surface area contributed by atoms with Gasteiger partial charge in [-0.2, -0.15) is 0 Å². The van der Waals surface area contributed by atoms with Crippen LogP contribution in [0, 0.1) is 0 Å². The smallest absolute Gasteiger partial charge is 0.870 e. The van der Waals surface area contributed by atoms with Crippen molar-refractivity contribution in [2.45, 2.75) is 0 Å². The summed E-state index contributed by atoms with van der Waals surface area (Å²) >= 11 is 0. The molecule has 0 atom stereocenters. The van der Waals surface area contributed by atoms with Gasteiger partial charge in [-0.3, -0.25) is 0 Å². The number of ether oxygens (including phenoxy) is 2. The molecule has 4 N–H and O–H groups in total. The molecule has 0 saturated carbocycles. The zero-order chi connectivity index (χ0) is 6.24. The Morgan fingerprint density at radius 3 is 1.18 bits per heavy atom. The average Bonchev–Trinajstić information content (AvgIpc) is 1.96. The van der Waals surface area contributed by atoms with Crippen LogP contribution in [-0.4, -0.2) is 49.6 Å². The maximum atomic E-state index is 7.00. The minimum Gasteiger partial charge on any atom is -0.870 e. The molecular formula is C5H15LiO5. The molecular weight excluding hydrogens is 147 g/mol. The molecule has 5 nitrogen and oxygen atoms in total. The molecule has 1 saturated heterocycles. The Morgan fingerprint density at radius 1 is 0.909 bits per heavy atom. The molecule has 1 aliphatic rings. The van der Waals surface area contributed by atoms with Crippen molar-refractivity contribution in [3.8, 4) is 0 Å². The summed E-state index contributed by atoms with van der Waals surface area (Å²) in [6, 6.07) is 0. The molecule has 0 unspecified atom stereocenters. The Balaban J connectivity index is -0.0000000459. The molecule has 0 aliphatic carbocycles. The SMILES string of the molecule is C1COCCO1.CO.O.[Li+].[OH-]. The fraction of sp³-hybridized carbons (Fsp3) is 1.00. The van der Waals surface area contributed by atoms with Crippen molar-refractivity contribution in [1.82, 2.24) is 0 Å². The number of hydrogen-bond donors (Lipinski definition) is 1. The Bertz CT molecular complexity index is 30.3. The second-order valence-corrected chi connectivity index (χ2v) is 1.22. The summed E-state index contributed by atoms with van der Waals surface area (Å²) in [6.07, 6.45) is 0. The molecule has 1 fully saturated rings. The van der Waals surface area contributed by atoms with E-state index in [1.54, 1.807) is 0 Å². The van der Waals surface area contributed by atoms with Gasteiger partial charge in [-0.05, 0) is 0 Å². The van der Waals surface area contributed by atoms with Crippen molar-refractivity contribution in [2.75, 3.05) is 33.5 Å². The first kappa shape index (κ1) is 22.5. The van der Waals surface area contributed by atoms with Crippen LogP contribution >= 0.6 is 0 Å². The summed E-state index contributed by atoms with van der Waals surface area (Å²) in [6.45, 7) is 3.11. The molecule has 66 valence electrons. The zero-order valence-electron chi connectivity index (χ0n) is 7.04. The largest absolute Gasteiger partial charge is 1.00 e. The normalized spacial score (nSPS) is 13.6. The van der Waals surface area contributed by atoms with Crippen molar-refractivity contribution in [3.63, 3.8) is 0 Å². The van der Waals surface area contributed by atoms with Gasteiger partial charge in [0, 0.05) is 7.11 Å². The molecule has 1 heterocycles. The van der Waals surface area contributed by atoms with E-state index in [0.29, 0.717) is 0 Å². The van der Waals surface area contributed by atoms with Crippen molar-refractivity contribution in [1.29, 1.82) is 0 Å². The zero-order valence-corrected chi connectivity index (χ0v) is 7.04. The second-order valence-electron chi connectivity index (χ2n) is 1.22. The van der Waals surface area contributed by atoms with Crippen molar-refractivity contribution >= 4 is 0 Å². The third kappa shape index (κ3) is 17.9. The van der Waals surface area contributed by atoms with Gasteiger partial charge >= 0.3 is 18.9 Å². The summed E-state index contributed by atoms with van der Waals surface area (Å²) in [7, 11) is 1.00. The number of aliphatic hydroxyl groups excluding tert-OH is 1. The fourth-order valence-electron chi connectivity index (χ4n) is 0.440. The summed E-state index contributed by atoms with van der Waals surface area (Å²) in [4.78, 5) is 0. The minimum absolute atomic E-state index is 0. The van der Waals surface area contributed by atoms with Crippen LogP contribution in [0.2, 0.25) is 0 Å². The molecule has 0 aromatic rings. The van der Waals surface area contributed by atoms with Crippen molar-refractivity contribution in [2.24, 2.45) is 0 Å². The van der Waals surface area contributed by atoms with E-state index in [1.807, 2.05) is 0 Å². The number of aliphatic hydroxyl groups is 1. The van der Waals surface area contributed by atoms with Gasteiger partial charge in [-0.1, -0.05) is 0 Å².